The summed E-state index contributed by atoms with van der Waals surface area (Å²) in [6, 6.07) is -1.19. The summed E-state index contributed by atoms with van der Waals surface area (Å²) in [6.45, 7) is 0. The Morgan fingerprint density at radius 1 is 1.70 bits per heavy atom. The van der Waals surface area contributed by atoms with E-state index in [1.807, 2.05) is 0 Å². The molecule has 0 saturated heterocycles. The van der Waals surface area contributed by atoms with Crippen LogP contribution in [0.4, 0.5) is 4.79 Å². The Labute approximate surface area is 55.0 Å². The van der Waals surface area contributed by atoms with Crippen LogP contribution in [0.2, 0.25) is 0 Å². The average Bonchev–Trinajstić information content (AvgIpc) is 1.85. The molecule has 0 aromatic rings. The van der Waals surface area contributed by atoms with Gasteiger partial charge in [0.25, 0.3) is 0 Å². The molecule has 0 aromatic heterocycles. The van der Waals surface area contributed by atoms with Crippen LogP contribution in [0.1, 0.15) is 0 Å². The molecule has 0 radical (unpaired) electrons. The lowest BCUT2D eigenvalue weighted by Gasteiger charge is -2.04. The van der Waals surface area contributed by atoms with Gasteiger partial charge in [-0.1, -0.05) is 0 Å². The first kappa shape index (κ1) is 9.34. The fourth-order valence-electron chi connectivity index (χ4n) is 0.119. The summed E-state index contributed by atoms with van der Waals surface area (Å²) in [6.07, 6.45) is 0. The summed E-state index contributed by atoms with van der Waals surface area (Å²) >= 11 is 0. The van der Waals surface area contributed by atoms with Crippen LogP contribution in [-0.4, -0.2) is 16.2 Å². The van der Waals surface area contributed by atoms with Crippen molar-refractivity contribution in [2.75, 3.05) is 0 Å². The van der Waals surface area contributed by atoms with Crippen molar-refractivity contribution in [2.45, 2.75) is 0 Å². The summed E-state index contributed by atoms with van der Waals surface area (Å²) < 4.78 is 16.5. The lowest BCUT2D eigenvalue weighted by Crippen LogP contribution is -2.28. The predicted molar refractivity (Wildman–Crippen MR) is 27.3 cm³/mol. The van der Waals surface area contributed by atoms with Gasteiger partial charge in [-0.25, -0.2) is 20.1 Å². The van der Waals surface area contributed by atoms with Crippen LogP contribution < -0.4 is 11.2 Å². The number of amides is 2. The Balaban J connectivity index is 3.68. The molecule has 1 atom stereocenters. The van der Waals surface area contributed by atoms with E-state index in [0.717, 1.165) is 0 Å². The normalized spacial score (nSPS) is 15.8. The average molecular weight is 172 g/mol. The topological polar surface area (TPSA) is 131 Å². The zero-order valence-electron chi connectivity index (χ0n) is 4.55. The second-order valence-electron chi connectivity index (χ2n) is 1.11. The van der Waals surface area contributed by atoms with Crippen molar-refractivity contribution >= 4 is 13.9 Å². The van der Waals surface area contributed by atoms with Gasteiger partial charge in [0.1, 0.15) is 0 Å². The number of nitrogens with two attached hydrogens (primary N) is 1. The molecule has 5 N–H and O–H groups in total. The first-order chi connectivity index (χ1) is 4.48. The van der Waals surface area contributed by atoms with E-state index in [1.54, 1.807) is 0 Å². The largest absolute Gasteiger partial charge is 0.520 e. The van der Waals surface area contributed by atoms with E-state index in [0.29, 0.717) is 0 Å². The van der Waals surface area contributed by atoms with Gasteiger partial charge >= 0.3 is 13.9 Å². The number of nitrogens with one attached hydrogen (secondary N) is 1. The molecule has 60 valence electrons. The number of carbonyl (C=O) groups is 1. The zero-order valence-corrected chi connectivity index (χ0v) is 5.45. The second-order valence-corrected chi connectivity index (χ2v) is 2.39. The van der Waals surface area contributed by atoms with E-state index in [4.69, 9.17) is 10.2 Å². The third-order valence-electron chi connectivity index (χ3n) is 0.365. The van der Waals surface area contributed by atoms with Crippen molar-refractivity contribution in [3.8, 4) is 0 Å². The summed E-state index contributed by atoms with van der Waals surface area (Å²) in [5, 5.41) is 7.58. The molecule has 0 saturated carbocycles. The van der Waals surface area contributed by atoms with E-state index in [9.17, 15) is 9.36 Å². The molecule has 10 heavy (non-hydrogen) atoms. The van der Waals surface area contributed by atoms with Crippen LogP contribution in [0.15, 0.2) is 0 Å². The monoisotopic (exact) mass is 172 g/mol. The second kappa shape index (κ2) is 3.49. The number of hydrogen-bond acceptors (Lipinski definition) is 5. The van der Waals surface area contributed by atoms with Gasteiger partial charge in [0.15, 0.2) is 0 Å². The molecule has 1 unspecified atom stereocenters. The minimum atomic E-state index is -4.58. The first-order valence-corrected chi connectivity index (χ1v) is 3.37. The molecule has 2 amide bonds. The van der Waals surface area contributed by atoms with Gasteiger partial charge < -0.3 is 5.73 Å². The highest BCUT2D eigenvalue weighted by atomic mass is 31.2. The van der Waals surface area contributed by atoms with Gasteiger partial charge in [-0.3, -0.25) is 4.89 Å². The molecule has 0 fully saturated rings. The highest BCUT2D eigenvalue weighted by Crippen LogP contribution is 2.40. The number of hydrogen-bond donors (Lipinski definition) is 4. The number of rotatable bonds is 3. The lowest BCUT2D eigenvalue weighted by molar-refractivity contribution is -0.165. The maximum Gasteiger partial charge on any atom is 0.520 e. The summed E-state index contributed by atoms with van der Waals surface area (Å²) in [4.78, 5) is 17.9. The molecule has 0 heterocycles. The molecule has 8 nitrogen and oxygen atoms in total. The zero-order chi connectivity index (χ0) is 8.20. The van der Waals surface area contributed by atoms with Gasteiger partial charge in [-0.15, -0.1) is 4.67 Å². The fraction of sp³-hybridized carbons (Fsp3) is 0. The van der Waals surface area contributed by atoms with Crippen LogP contribution in [0.3, 0.4) is 0 Å². The summed E-state index contributed by atoms with van der Waals surface area (Å²) in [7, 11) is -4.58. The molecule has 0 aliphatic heterocycles. The van der Waals surface area contributed by atoms with Gasteiger partial charge in [-0.2, -0.15) is 4.62 Å². The Morgan fingerprint density at radius 2 is 2.20 bits per heavy atom. The van der Waals surface area contributed by atoms with Crippen LogP contribution in [0.25, 0.3) is 0 Å². The molecule has 0 aliphatic carbocycles. The molecular formula is CH5N2O6P. The van der Waals surface area contributed by atoms with Crippen molar-refractivity contribution in [3.05, 3.63) is 0 Å². The Morgan fingerprint density at radius 3 is 2.50 bits per heavy atom. The van der Waals surface area contributed by atoms with E-state index in [2.05, 4.69) is 15.0 Å². The number of hydroxylamine groups is 1. The van der Waals surface area contributed by atoms with Gasteiger partial charge in [0.2, 0.25) is 0 Å². The van der Waals surface area contributed by atoms with Crippen LogP contribution in [0.5, 0.6) is 0 Å². The number of primary amides is 1. The quantitative estimate of drug-likeness (QED) is 0.249. The molecule has 0 bridgehead atoms. The summed E-state index contributed by atoms with van der Waals surface area (Å²) in [5.74, 6) is 0. The first-order valence-electron chi connectivity index (χ1n) is 1.88. The minimum absolute atomic E-state index is 1.19. The highest BCUT2D eigenvalue weighted by molar-refractivity contribution is 7.47. The Hall–Kier alpha value is -0.660. The van der Waals surface area contributed by atoms with E-state index in [-0.39, 0.29) is 0 Å². The van der Waals surface area contributed by atoms with Gasteiger partial charge in [0.05, 0.1) is 0 Å². The maximum atomic E-state index is 10.1. The van der Waals surface area contributed by atoms with Crippen molar-refractivity contribution in [3.63, 3.8) is 0 Å². The van der Waals surface area contributed by atoms with Crippen LogP contribution in [0, 0.1) is 0 Å². The van der Waals surface area contributed by atoms with Crippen molar-refractivity contribution in [1.29, 1.82) is 0 Å². The van der Waals surface area contributed by atoms with E-state index < -0.39 is 13.9 Å². The molecule has 0 aromatic carbocycles. The fourth-order valence-corrected chi connectivity index (χ4v) is 0.358. The third-order valence-corrected chi connectivity index (χ3v) is 0.893. The summed E-state index contributed by atoms with van der Waals surface area (Å²) in [5.41, 5.74) is 5.69. The van der Waals surface area contributed by atoms with E-state index in [1.165, 1.54) is 5.48 Å². The van der Waals surface area contributed by atoms with Gasteiger partial charge in [0, 0.05) is 0 Å². The molecule has 0 spiro atoms. The van der Waals surface area contributed by atoms with E-state index >= 15 is 0 Å². The lowest BCUT2D eigenvalue weighted by atomic mass is 11.2. The van der Waals surface area contributed by atoms with Crippen molar-refractivity contribution < 1.29 is 28.8 Å². The molecule has 0 rings (SSSR count). The van der Waals surface area contributed by atoms with Crippen LogP contribution in [-0.2, 0) is 13.9 Å². The van der Waals surface area contributed by atoms with Crippen molar-refractivity contribution in [1.82, 2.24) is 5.48 Å². The highest BCUT2D eigenvalue weighted by Gasteiger charge is 2.21. The number of urea groups is 1. The minimum Gasteiger partial charge on any atom is -0.350 e. The predicted octanol–water partition coefficient (Wildman–Crippen LogP) is -0.824. The Kier molecular flexibility index (Phi) is 3.26. The maximum absolute atomic E-state index is 10.1. The standard InChI is InChI=1S/CH5N2O6P/c2-1(4)3-8-10(6,7)9-5/h5H,(H,6,7)(H3,2,3,4). The van der Waals surface area contributed by atoms with Crippen LogP contribution >= 0.6 is 7.82 Å². The Bertz CT molecular complexity index is 167. The van der Waals surface area contributed by atoms with Crippen molar-refractivity contribution in [2.24, 2.45) is 5.73 Å². The molecule has 0 aliphatic rings. The number of carbonyl (C=O) groups excluding carboxylic acids is 1. The molecule has 9 heteroatoms. The molecular weight excluding hydrogens is 167 g/mol. The SMILES string of the molecule is NC(=O)NOP(=O)(O)OO. The third kappa shape index (κ3) is 4.24. The smallest absolute Gasteiger partial charge is 0.350 e. The van der Waals surface area contributed by atoms with Gasteiger partial charge in [-0.05, 0) is 0 Å². The number of phosphoric acid groups is 1.